The molecule has 0 saturated carbocycles. The van der Waals surface area contributed by atoms with Crippen LogP contribution in [0.15, 0.2) is 18.2 Å². The molecule has 2 aliphatic rings. The first-order chi connectivity index (χ1) is 11.6. The molecule has 6 heteroatoms. The summed E-state index contributed by atoms with van der Waals surface area (Å²) in [4.78, 5) is 2.30. The van der Waals surface area contributed by atoms with Crippen molar-refractivity contribution in [1.29, 1.82) is 0 Å². The number of benzene rings is 1. The third kappa shape index (κ3) is 4.61. The Morgan fingerprint density at radius 3 is 2.67 bits per heavy atom. The summed E-state index contributed by atoms with van der Waals surface area (Å²) in [6.07, 6.45) is 3.60. The smallest absolute Gasteiger partial charge is 0.138 e. The Morgan fingerprint density at radius 1 is 1.29 bits per heavy atom. The lowest BCUT2D eigenvalue weighted by atomic mass is 10.0. The number of nitrogens with two attached hydrogens (primary N) is 1. The Kier molecular flexibility index (Phi) is 6.36. The maximum Gasteiger partial charge on any atom is 0.138 e. The van der Waals surface area contributed by atoms with Gasteiger partial charge in [0.05, 0.1) is 24.3 Å². The molecule has 0 spiro atoms. The van der Waals surface area contributed by atoms with E-state index >= 15 is 0 Å². The van der Waals surface area contributed by atoms with E-state index in [0.717, 1.165) is 44.7 Å². The fourth-order valence-corrected chi connectivity index (χ4v) is 3.61. The quantitative estimate of drug-likeness (QED) is 0.820. The van der Waals surface area contributed by atoms with Crippen LogP contribution in [0, 0.1) is 0 Å². The summed E-state index contributed by atoms with van der Waals surface area (Å²) in [7, 11) is 0. The van der Waals surface area contributed by atoms with E-state index in [1.807, 2.05) is 12.1 Å². The van der Waals surface area contributed by atoms with Crippen LogP contribution in [0.4, 0.5) is 0 Å². The highest BCUT2D eigenvalue weighted by atomic mass is 35.5. The third-order valence-corrected chi connectivity index (χ3v) is 5.13. The van der Waals surface area contributed by atoms with Crippen LogP contribution in [0.3, 0.4) is 0 Å². The van der Waals surface area contributed by atoms with E-state index in [0.29, 0.717) is 17.3 Å². The minimum absolute atomic E-state index is 0.143. The first-order valence-electron chi connectivity index (χ1n) is 8.83. The van der Waals surface area contributed by atoms with Gasteiger partial charge in [0, 0.05) is 25.4 Å². The van der Waals surface area contributed by atoms with Gasteiger partial charge in [-0.1, -0.05) is 17.7 Å². The molecule has 1 aromatic carbocycles. The van der Waals surface area contributed by atoms with Crippen LogP contribution >= 0.6 is 11.6 Å². The zero-order valence-corrected chi connectivity index (χ0v) is 14.8. The van der Waals surface area contributed by atoms with Crippen molar-refractivity contribution in [2.45, 2.75) is 43.9 Å². The molecule has 0 radical (unpaired) electrons. The highest BCUT2D eigenvalue weighted by Crippen LogP contribution is 2.31. The minimum Gasteiger partial charge on any atom is -0.489 e. The second-order valence-corrected chi connectivity index (χ2v) is 7.14. The molecule has 0 aromatic heterocycles. The standard InChI is InChI=1S/C18H27ClN2O3/c19-15-11-13(18(22)16(20)12-21-7-1-2-8-21)3-4-17(15)24-14-5-9-23-10-6-14/h3-4,11,14,16,18,22H,1-2,5-10,12,20H2/t16-,18?/m1/s1. The number of aliphatic hydroxyl groups excluding tert-OH is 1. The summed E-state index contributed by atoms with van der Waals surface area (Å²) < 4.78 is 11.3. The lowest BCUT2D eigenvalue weighted by Gasteiger charge is -2.26. The van der Waals surface area contributed by atoms with Crippen molar-refractivity contribution in [2.24, 2.45) is 5.73 Å². The molecule has 0 aliphatic carbocycles. The molecule has 0 amide bonds. The molecule has 1 aromatic rings. The first kappa shape index (κ1) is 18.0. The predicted molar refractivity (Wildman–Crippen MR) is 94.5 cm³/mol. The lowest BCUT2D eigenvalue weighted by Crippen LogP contribution is -2.40. The van der Waals surface area contributed by atoms with Crippen molar-refractivity contribution in [3.8, 4) is 5.75 Å². The van der Waals surface area contributed by atoms with Crippen LogP contribution in [0.5, 0.6) is 5.75 Å². The number of aliphatic hydroxyl groups is 1. The third-order valence-electron chi connectivity index (χ3n) is 4.83. The van der Waals surface area contributed by atoms with Gasteiger partial charge in [-0.3, -0.25) is 0 Å². The Labute approximate surface area is 148 Å². The molecule has 24 heavy (non-hydrogen) atoms. The SMILES string of the molecule is N[C@H](CN1CCCC1)C(O)c1ccc(OC2CCOCC2)c(Cl)c1. The molecule has 134 valence electrons. The normalized spacial score (nSPS) is 22.5. The summed E-state index contributed by atoms with van der Waals surface area (Å²) >= 11 is 6.35. The Balaban J connectivity index is 1.59. The zero-order valence-electron chi connectivity index (χ0n) is 14.0. The maximum atomic E-state index is 10.5. The minimum atomic E-state index is -0.722. The van der Waals surface area contributed by atoms with Crippen LogP contribution in [0.2, 0.25) is 5.02 Å². The summed E-state index contributed by atoms with van der Waals surface area (Å²) in [6, 6.07) is 5.14. The van der Waals surface area contributed by atoms with E-state index in [1.54, 1.807) is 6.07 Å². The summed E-state index contributed by atoms with van der Waals surface area (Å²) in [5, 5.41) is 11.0. The molecule has 2 atom stereocenters. The molecule has 1 unspecified atom stereocenters. The van der Waals surface area contributed by atoms with Crippen molar-refractivity contribution in [3.63, 3.8) is 0 Å². The maximum absolute atomic E-state index is 10.5. The number of hydrogen-bond acceptors (Lipinski definition) is 5. The van der Waals surface area contributed by atoms with Gasteiger partial charge in [0.15, 0.2) is 0 Å². The second-order valence-electron chi connectivity index (χ2n) is 6.74. The molecular formula is C18H27ClN2O3. The van der Waals surface area contributed by atoms with Gasteiger partial charge in [0.25, 0.3) is 0 Å². The van der Waals surface area contributed by atoms with E-state index in [2.05, 4.69) is 4.90 Å². The van der Waals surface area contributed by atoms with E-state index in [-0.39, 0.29) is 12.1 Å². The van der Waals surface area contributed by atoms with Crippen molar-refractivity contribution in [3.05, 3.63) is 28.8 Å². The van der Waals surface area contributed by atoms with Gasteiger partial charge in [-0.25, -0.2) is 0 Å². The number of hydrogen-bond donors (Lipinski definition) is 2. The fraction of sp³-hybridized carbons (Fsp3) is 0.667. The van der Waals surface area contributed by atoms with Gasteiger partial charge in [-0.2, -0.15) is 0 Å². The van der Waals surface area contributed by atoms with Crippen LogP contribution in [-0.4, -0.2) is 55.0 Å². The van der Waals surface area contributed by atoms with E-state index < -0.39 is 6.10 Å². The van der Waals surface area contributed by atoms with Gasteiger partial charge in [0.2, 0.25) is 0 Å². The highest BCUT2D eigenvalue weighted by Gasteiger charge is 2.23. The molecular weight excluding hydrogens is 328 g/mol. The molecule has 2 fully saturated rings. The first-order valence-corrected chi connectivity index (χ1v) is 9.21. The fourth-order valence-electron chi connectivity index (χ4n) is 3.38. The van der Waals surface area contributed by atoms with Crippen molar-refractivity contribution < 1.29 is 14.6 Å². The lowest BCUT2D eigenvalue weighted by molar-refractivity contribution is 0.0256. The summed E-state index contributed by atoms with van der Waals surface area (Å²) in [5.41, 5.74) is 6.93. The Morgan fingerprint density at radius 2 is 2.00 bits per heavy atom. The number of ether oxygens (including phenoxy) is 2. The summed E-state index contributed by atoms with van der Waals surface area (Å²) in [6.45, 7) is 4.30. The molecule has 2 aliphatic heterocycles. The second kappa shape index (κ2) is 8.50. The zero-order chi connectivity index (χ0) is 16.9. The van der Waals surface area contributed by atoms with Crippen LogP contribution < -0.4 is 10.5 Å². The number of nitrogens with zero attached hydrogens (tertiary/aromatic N) is 1. The Bertz CT molecular complexity index is 531. The van der Waals surface area contributed by atoms with Crippen LogP contribution in [-0.2, 0) is 4.74 Å². The van der Waals surface area contributed by atoms with Crippen LogP contribution in [0.1, 0.15) is 37.4 Å². The topological polar surface area (TPSA) is 68.0 Å². The van der Waals surface area contributed by atoms with Gasteiger partial charge in [-0.05, 0) is 43.6 Å². The molecule has 2 saturated heterocycles. The number of halogens is 1. The molecule has 3 rings (SSSR count). The largest absolute Gasteiger partial charge is 0.489 e. The average molecular weight is 355 g/mol. The van der Waals surface area contributed by atoms with Crippen molar-refractivity contribution >= 4 is 11.6 Å². The van der Waals surface area contributed by atoms with Crippen molar-refractivity contribution in [2.75, 3.05) is 32.8 Å². The number of rotatable bonds is 6. The molecule has 2 heterocycles. The van der Waals surface area contributed by atoms with E-state index in [1.165, 1.54) is 12.8 Å². The summed E-state index contributed by atoms with van der Waals surface area (Å²) in [5.74, 6) is 0.660. The van der Waals surface area contributed by atoms with Gasteiger partial charge in [-0.15, -0.1) is 0 Å². The predicted octanol–water partition coefficient (Wildman–Crippen LogP) is 2.35. The van der Waals surface area contributed by atoms with Gasteiger partial charge in [0.1, 0.15) is 11.9 Å². The Hall–Kier alpha value is -0.850. The van der Waals surface area contributed by atoms with Gasteiger partial charge >= 0.3 is 0 Å². The van der Waals surface area contributed by atoms with E-state index in [9.17, 15) is 5.11 Å². The van der Waals surface area contributed by atoms with Gasteiger partial charge < -0.3 is 25.2 Å². The monoisotopic (exact) mass is 354 g/mol. The van der Waals surface area contributed by atoms with E-state index in [4.69, 9.17) is 26.8 Å². The number of likely N-dealkylation sites (tertiary alicyclic amines) is 1. The molecule has 0 bridgehead atoms. The highest BCUT2D eigenvalue weighted by molar-refractivity contribution is 6.32. The molecule has 3 N–H and O–H groups in total. The van der Waals surface area contributed by atoms with Crippen LogP contribution in [0.25, 0.3) is 0 Å². The molecule has 5 nitrogen and oxygen atoms in total. The van der Waals surface area contributed by atoms with Crippen molar-refractivity contribution in [1.82, 2.24) is 4.90 Å². The average Bonchev–Trinajstić information content (AvgIpc) is 3.10.